The van der Waals surface area contributed by atoms with Gasteiger partial charge in [-0.3, -0.25) is 4.68 Å². The Hall–Kier alpha value is -2.01. The molecule has 1 aromatic heterocycles. The van der Waals surface area contributed by atoms with Gasteiger partial charge < -0.3 is 15.0 Å². The molecule has 3 rings (SSSR count). The van der Waals surface area contributed by atoms with Gasteiger partial charge in [-0.25, -0.2) is 0 Å². The molecule has 0 bridgehead atoms. The van der Waals surface area contributed by atoms with Crippen LogP contribution in [0.3, 0.4) is 0 Å². The second-order valence-corrected chi connectivity index (χ2v) is 6.66. The predicted molar refractivity (Wildman–Crippen MR) is 97.7 cm³/mol. The number of hydrogen-bond donors (Lipinski definition) is 1. The molecule has 0 aliphatic carbocycles. The average molecular weight is 328 g/mol. The van der Waals surface area contributed by atoms with Crippen LogP contribution in [0.4, 0.5) is 5.69 Å². The summed E-state index contributed by atoms with van der Waals surface area (Å²) in [4.78, 5) is 2.46. The van der Waals surface area contributed by atoms with Crippen molar-refractivity contribution in [2.45, 2.75) is 38.8 Å². The molecule has 1 aromatic carbocycles. The molecule has 1 atom stereocenters. The van der Waals surface area contributed by atoms with Gasteiger partial charge >= 0.3 is 0 Å². The Bertz CT molecular complexity index is 657. The molecule has 0 radical (unpaired) electrons. The Morgan fingerprint density at radius 3 is 2.42 bits per heavy atom. The summed E-state index contributed by atoms with van der Waals surface area (Å²) in [5, 5.41) is 8.13. The third kappa shape index (κ3) is 3.56. The van der Waals surface area contributed by atoms with Crippen molar-refractivity contribution in [3.8, 4) is 5.75 Å². The van der Waals surface area contributed by atoms with Crippen molar-refractivity contribution in [2.24, 2.45) is 7.05 Å². The number of methoxy groups -OCH3 is 1. The molecule has 0 spiro atoms. The second kappa shape index (κ2) is 7.26. The van der Waals surface area contributed by atoms with Crippen LogP contribution in [-0.2, 0) is 7.05 Å². The van der Waals surface area contributed by atoms with Gasteiger partial charge in [0, 0.05) is 49.2 Å². The first kappa shape index (κ1) is 16.8. The molecule has 24 heavy (non-hydrogen) atoms. The summed E-state index contributed by atoms with van der Waals surface area (Å²) in [6, 6.07) is 9.27. The molecular weight excluding hydrogens is 300 g/mol. The largest absolute Gasteiger partial charge is 0.497 e. The highest BCUT2D eigenvalue weighted by atomic mass is 16.5. The Balaban J connectivity index is 1.54. The number of aromatic nitrogens is 2. The monoisotopic (exact) mass is 328 g/mol. The number of benzene rings is 1. The summed E-state index contributed by atoms with van der Waals surface area (Å²) in [5.41, 5.74) is 3.83. The molecule has 1 unspecified atom stereocenters. The lowest BCUT2D eigenvalue weighted by molar-refractivity contribution is 0.380. The molecule has 5 nitrogen and oxygen atoms in total. The normalized spacial score (nSPS) is 17.1. The molecule has 1 aliphatic rings. The second-order valence-electron chi connectivity index (χ2n) is 6.66. The molecule has 130 valence electrons. The first-order chi connectivity index (χ1) is 11.6. The van der Waals surface area contributed by atoms with Crippen LogP contribution in [-0.4, -0.2) is 36.0 Å². The first-order valence-corrected chi connectivity index (χ1v) is 8.72. The minimum Gasteiger partial charge on any atom is -0.497 e. The third-order valence-corrected chi connectivity index (χ3v) is 5.16. The maximum Gasteiger partial charge on any atom is 0.119 e. The van der Waals surface area contributed by atoms with E-state index in [0.717, 1.165) is 31.7 Å². The van der Waals surface area contributed by atoms with Gasteiger partial charge in [-0.2, -0.15) is 5.10 Å². The summed E-state index contributed by atoms with van der Waals surface area (Å²) in [7, 11) is 3.70. The van der Waals surface area contributed by atoms with Gasteiger partial charge in [0.1, 0.15) is 5.75 Å². The zero-order chi connectivity index (χ0) is 17.1. The van der Waals surface area contributed by atoms with Crippen LogP contribution >= 0.6 is 0 Å². The Morgan fingerprint density at radius 2 is 1.88 bits per heavy atom. The number of hydrogen-bond acceptors (Lipinski definition) is 4. The van der Waals surface area contributed by atoms with Crippen molar-refractivity contribution in [2.75, 3.05) is 25.1 Å². The number of piperidine rings is 1. The first-order valence-electron chi connectivity index (χ1n) is 8.72. The van der Waals surface area contributed by atoms with Gasteiger partial charge in [0.15, 0.2) is 0 Å². The molecule has 5 heteroatoms. The van der Waals surface area contributed by atoms with Crippen LogP contribution in [0.25, 0.3) is 0 Å². The lowest BCUT2D eigenvalue weighted by Crippen LogP contribution is -2.43. The molecule has 2 aromatic rings. The van der Waals surface area contributed by atoms with E-state index >= 15 is 0 Å². The van der Waals surface area contributed by atoms with Crippen LogP contribution in [0, 0.1) is 6.92 Å². The zero-order valence-electron chi connectivity index (χ0n) is 15.1. The van der Waals surface area contributed by atoms with Gasteiger partial charge in [0.2, 0.25) is 0 Å². The van der Waals surface area contributed by atoms with Crippen molar-refractivity contribution in [3.63, 3.8) is 0 Å². The molecule has 0 amide bonds. The topological polar surface area (TPSA) is 42.3 Å². The molecule has 1 saturated heterocycles. The third-order valence-electron chi connectivity index (χ3n) is 5.16. The molecular formula is C19H28N4O. The maximum absolute atomic E-state index is 5.24. The zero-order valence-corrected chi connectivity index (χ0v) is 15.1. The van der Waals surface area contributed by atoms with E-state index in [4.69, 9.17) is 4.74 Å². The highest BCUT2D eigenvalue weighted by molar-refractivity contribution is 5.49. The van der Waals surface area contributed by atoms with Crippen LogP contribution in [0.1, 0.15) is 37.1 Å². The van der Waals surface area contributed by atoms with E-state index in [0.29, 0.717) is 12.1 Å². The minimum absolute atomic E-state index is 0.344. The van der Waals surface area contributed by atoms with Crippen molar-refractivity contribution in [1.29, 1.82) is 0 Å². The molecule has 2 heterocycles. The lowest BCUT2D eigenvalue weighted by atomic mass is 10.0. The number of nitrogens with one attached hydrogen (secondary N) is 1. The Labute approximate surface area is 144 Å². The van der Waals surface area contributed by atoms with Crippen molar-refractivity contribution >= 4 is 5.69 Å². The van der Waals surface area contributed by atoms with Gasteiger partial charge in [-0.15, -0.1) is 0 Å². The average Bonchev–Trinajstić information content (AvgIpc) is 2.95. The van der Waals surface area contributed by atoms with E-state index in [1.807, 2.05) is 30.1 Å². The van der Waals surface area contributed by atoms with Crippen molar-refractivity contribution in [1.82, 2.24) is 15.1 Å². The van der Waals surface area contributed by atoms with E-state index in [1.165, 1.54) is 16.9 Å². The predicted octanol–water partition coefficient (Wildman–Crippen LogP) is 3.06. The lowest BCUT2D eigenvalue weighted by Gasteiger charge is -2.35. The van der Waals surface area contributed by atoms with Crippen LogP contribution in [0.5, 0.6) is 5.75 Å². The molecule has 1 aliphatic heterocycles. The van der Waals surface area contributed by atoms with Gasteiger partial charge in [-0.1, -0.05) is 0 Å². The fourth-order valence-electron chi connectivity index (χ4n) is 3.48. The van der Waals surface area contributed by atoms with Gasteiger partial charge in [0.05, 0.1) is 13.3 Å². The van der Waals surface area contributed by atoms with Gasteiger partial charge in [-0.05, 0) is 51.0 Å². The van der Waals surface area contributed by atoms with Crippen LogP contribution in [0.15, 0.2) is 30.5 Å². The standard InChI is InChI=1S/C19H28N4O/c1-14(19-13-20-22(3)15(19)2)21-16-9-11-23(12-10-16)17-5-7-18(24-4)8-6-17/h5-8,13-14,16,21H,9-12H2,1-4H3. The number of rotatable bonds is 5. The van der Waals surface area contributed by atoms with E-state index in [1.54, 1.807) is 7.11 Å². The van der Waals surface area contributed by atoms with Gasteiger partial charge in [0.25, 0.3) is 0 Å². The summed E-state index contributed by atoms with van der Waals surface area (Å²) in [6.45, 7) is 6.54. The summed E-state index contributed by atoms with van der Waals surface area (Å²) < 4.78 is 7.18. The summed E-state index contributed by atoms with van der Waals surface area (Å²) >= 11 is 0. The summed E-state index contributed by atoms with van der Waals surface area (Å²) in [5.74, 6) is 0.913. The smallest absolute Gasteiger partial charge is 0.119 e. The summed E-state index contributed by atoms with van der Waals surface area (Å²) in [6.07, 6.45) is 4.31. The highest BCUT2D eigenvalue weighted by Gasteiger charge is 2.22. The van der Waals surface area contributed by atoms with E-state index in [9.17, 15) is 0 Å². The Kier molecular flexibility index (Phi) is 5.09. The molecule has 1 fully saturated rings. The molecule has 0 saturated carbocycles. The minimum atomic E-state index is 0.344. The Morgan fingerprint density at radius 1 is 1.21 bits per heavy atom. The quantitative estimate of drug-likeness (QED) is 0.916. The number of anilines is 1. The number of ether oxygens (including phenoxy) is 1. The SMILES string of the molecule is COc1ccc(N2CCC(NC(C)c3cnn(C)c3C)CC2)cc1. The van der Waals surface area contributed by atoms with Crippen LogP contribution in [0.2, 0.25) is 0 Å². The van der Waals surface area contributed by atoms with E-state index < -0.39 is 0 Å². The maximum atomic E-state index is 5.24. The highest BCUT2D eigenvalue weighted by Crippen LogP contribution is 2.24. The van der Waals surface area contributed by atoms with Crippen molar-refractivity contribution in [3.05, 3.63) is 41.7 Å². The fraction of sp³-hybridized carbons (Fsp3) is 0.526. The number of nitrogens with zero attached hydrogens (tertiary/aromatic N) is 3. The van der Waals surface area contributed by atoms with E-state index in [2.05, 4.69) is 41.3 Å². The molecule has 1 N–H and O–H groups in total. The van der Waals surface area contributed by atoms with Crippen LogP contribution < -0.4 is 15.0 Å². The fourth-order valence-corrected chi connectivity index (χ4v) is 3.48. The number of aryl methyl sites for hydroxylation is 1. The van der Waals surface area contributed by atoms with Crippen molar-refractivity contribution < 1.29 is 4.74 Å². The van der Waals surface area contributed by atoms with E-state index in [-0.39, 0.29) is 0 Å².